The number of rotatable bonds is 6. The maximum Gasteiger partial charge on any atom is 0.490 e. The van der Waals surface area contributed by atoms with Crippen molar-refractivity contribution in [3.8, 4) is 5.75 Å². The van der Waals surface area contributed by atoms with Crippen molar-refractivity contribution in [3.05, 3.63) is 58.6 Å². The summed E-state index contributed by atoms with van der Waals surface area (Å²) in [5, 5.41) is 21.1. The number of fused-ring (bicyclic) bond motifs is 2. The Morgan fingerprint density at radius 1 is 1.22 bits per heavy atom. The number of nitrogens with one attached hydrogen (secondary N) is 1. The van der Waals surface area contributed by atoms with Gasteiger partial charge in [0.2, 0.25) is 5.91 Å². The van der Waals surface area contributed by atoms with Gasteiger partial charge in [0.15, 0.2) is 0 Å². The molecule has 1 atom stereocenters. The number of amides is 1. The number of anilines is 1. The highest BCUT2D eigenvalue weighted by Crippen LogP contribution is 2.44. The first-order chi connectivity index (χ1) is 17.4. The Morgan fingerprint density at radius 2 is 1.86 bits per heavy atom. The van der Waals surface area contributed by atoms with Gasteiger partial charge in [0.25, 0.3) is 0 Å². The van der Waals surface area contributed by atoms with Crippen LogP contribution in [0.25, 0.3) is 0 Å². The minimum Gasteiger partial charge on any atom is -0.489 e. The second kappa shape index (κ2) is 12.1. The van der Waals surface area contributed by atoms with Crippen molar-refractivity contribution < 1.29 is 42.4 Å². The molecule has 0 radical (unpaired) electrons. The summed E-state index contributed by atoms with van der Waals surface area (Å²) in [6, 6.07) is 13.2. The third kappa shape index (κ3) is 7.81. The number of hydrogen-bond donors (Lipinski definition) is 3. The summed E-state index contributed by atoms with van der Waals surface area (Å²) in [5.74, 6) is -2.36. The number of ether oxygens (including phenoxy) is 2. The molecule has 1 amide bonds. The van der Waals surface area contributed by atoms with Crippen LogP contribution in [-0.2, 0) is 26.5 Å². The first kappa shape index (κ1) is 28.7. The van der Waals surface area contributed by atoms with Crippen molar-refractivity contribution >= 4 is 29.2 Å². The zero-order valence-corrected chi connectivity index (χ0v) is 20.8. The minimum atomic E-state index is -5.08. The molecule has 0 aliphatic carbocycles. The van der Waals surface area contributed by atoms with Gasteiger partial charge in [-0.3, -0.25) is 4.79 Å². The molecule has 0 saturated carbocycles. The number of aliphatic hydroxyl groups excluding tert-OH is 1. The predicted octanol–water partition coefficient (Wildman–Crippen LogP) is 4.19. The molecule has 37 heavy (non-hydrogen) atoms. The van der Waals surface area contributed by atoms with Crippen molar-refractivity contribution in [1.82, 2.24) is 4.90 Å². The molecule has 12 heteroatoms. The van der Waals surface area contributed by atoms with E-state index in [9.17, 15) is 23.1 Å². The van der Waals surface area contributed by atoms with Crippen LogP contribution in [0.4, 0.5) is 18.9 Å². The lowest BCUT2D eigenvalue weighted by molar-refractivity contribution is -0.192. The molecule has 1 saturated heterocycles. The number of carboxylic acid groups (broad SMARTS) is 1. The Hall–Kier alpha value is -2.86. The van der Waals surface area contributed by atoms with E-state index in [1.807, 2.05) is 24.3 Å². The van der Waals surface area contributed by atoms with Crippen molar-refractivity contribution in [3.63, 3.8) is 0 Å². The number of halogens is 4. The van der Waals surface area contributed by atoms with Crippen LogP contribution in [0, 0.1) is 0 Å². The number of nitrogens with zero attached hydrogens (tertiary/aromatic N) is 1. The lowest BCUT2D eigenvalue weighted by atomic mass is 9.84. The Bertz CT molecular complexity index is 1110. The largest absolute Gasteiger partial charge is 0.490 e. The molecule has 2 aliphatic heterocycles. The third-order valence-corrected chi connectivity index (χ3v) is 6.30. The van der Waals surface area contributed by atoms with E-state index >= 15 is 0 Å². The number of hydrogen-bond acceptors (Lipinski definition) is 6. The number of carboxylic acids is 1. The third-order valence-electron chi connectivity index (χ3n) is 6.07. The SMILES string of the molecule is CC(=O)Nc1ccccc1OC[C@@H](O)CN1CCC2(CC1)OCc1cc(Cl)ccc12.O=C(O)C(F)(F)F. The number of para-hydroxylation sites is 2. The van der Waals surface area contributed by atoms with Crippen LogP contribution in [0.15, 0.2) is 42.5 Å². The van der Waals surface area contributed by atoms with Crippen molar-refractivity contribution in [2.24, 2.45) is 0 Å². The number of aliphatic hydroxyl groups is 1. The lowest BCUT2D eigenvalue weighted by Crippen LogP contribution is -2.46. The fourth-order valence-corrected chi connectivity index (χ4v) is 4.55. The number of piperidine rings is 1. The Labute approximate surface area is 216 Å². The maximum atomic E-state index is 11.3. The van der Waals surface area contributed by atoms with Gasteiger partial charge in [-0.25, -0.2) is 4.79 Å². The van der Waals surface area contributed by atoms with E-state index < -0.39 is 18.2 Å². The Kier molecular flexibility index (Phi) is 9.41. The van der Waals surface area contributed by atoms with Gasteiger partial charge < -0.3 is 29.9 Å². The van der Waals surface area contributed by atoms with Crippen LogP contribution < -0.4 is 10.1 Å². The summed E-state index contributed by atoms with van der Waals surface area (Å²) in [6.45, 7) is 4.46. The normalized spacial score (nSPS) is 17.4. The van der Waals surface area contributed by atoms with E-state index in [4.69, 9.17) is 31.0 Å². The summed E-state index contributed by atoms with van der Waals surface area (Å²) in [4.78, 5) is 22.5. The van der Waals surface area contributed by atoms with E-state index in [-0.39, 0.29) is 18.1 Å². The molecule has 2 aliphatic rings. The van der Waals surface area contributed by atoms with Gasteiger partial charge in [0.05, 0.1) is 17.9 Å². The highest BCUT2D eigenvalue weighted by molar-refractivity contribution is 6.30. The second-order valence-electron chi connectivity index (χ2n) is 8.83. The van der Waals surface area contributed by atoms with Crippen LogP contribution in [0.5, 0.6) is 5.75 Å². The Morgan fingerprint density at radius 3 is 2.49 bits per heavy atom. The van der Waals surface area contributed by atoms with E-state index in [1.54, 1.807) is 12.1 Å². The average molecular weight is 545 g/mol. The predicted molar refractivity (Wildman–Crippen MR) is 130 cm³/mol. The van der Waals surface area contributed by atoms with Crippen molar-refractivity contribution in [2.75, 3.05) is 31.6 Å². The van der Waals surface area contributed by atoms with Gasteiger partial charge in [-0.1, -0.05) is 29.8 Å². The number of likely N-dealkylation sites (tertiary alicyclic amines) is 1. The van der Waals surface area contributed by atoms with Gasteiger partial charge in [0.1, 0.15) is 18.5 Å². The number of aliphatic carboxylic acids is 1. The molecule has 2 aromatic carbocycles. The fourth-order valence-electron chi connectivity index (χ4n) is 4.35. The molecule has 1 fully saturated rings. The number of alkyl halides is 3. The molecular weight excluding hydrogens is 517 g/mol. The quantitative estimate of drug-likeness (QED) is 0.500. The van der Waals surface area contributed by atoms with Gasteiger partial charge in [0, 0.05) is 31.6 Å². The van der Waals surface area contributed by atoms with Crippen LogP contribution in [-0.4, -0.2) is 65.5 Å². The molecule has 2 heterocycles. The topological polar surface area (TPSA) is 108 Å². The highest BCUT2D eigenvalue weighted by atomic mass is 35.5. The van der Waals surface area contributed by atoms with E-state index in [0.29, 0.717) is 24.6 Å². The van der Waals surface area contributed by atoms with Crippen molar-refractivity contribution in [1.29, 1.82) is 0 Å². The first-order valence-corrected chi connectivity index (χ1v) is 11.9. The molecular formula is C25H28ClF3N2O6. The summed E-state index contributed by atoms with van der Waals surface area (Å²) >= 11 is 6.12. The highest BCUT2D eigenvalue weighted by Gasteiger charge is 2.42. The lowest BCUT2D eigenvalue weighted by Gasteiger charge is -2.39. The molecule has 1 spiro atoms. The summed E-state index contributed by atoms with van der Waals surface area (Å²) in [6.07, 6.45) is -3.93. The van der Waals surface area contributed by atoms with Gasteiger partial charge in [-0.15, -0.1) is 0 Å². The number of benzene rings is 2. The molecule has 8 nitrogen and oxygen atoms in total. The standard InChI is InChI=1S/C23H27ClN2O4.C2HF3O2/c1-16(27)25-21-4-2-3-5-22(21)29-15-19(28)13-26-10-8-23(9-11-26)20-7-6-18(24)12-17(20)14-30-23;3-2(4,5)1(6)7/h2-7,12,19,28H,8-11,13-15H2,1H3,(H,25,27);(H,6,7)/t19-;/m0./s1. The number of carbonyl (C=O) groups is 2. The van der Waals surface area contributed by atoms with E-state index in [1.165, 1.54) is 18.1 Å². The van der Waals surface area contributed by atoms with Crippen LogP contribution in [0.3, 0.4) is 0 Å². The van der Waals surface area contributed by atoms with Gasteiger partial charge >= 0.3 is 12.1 Å². The molecule has 3 N–H and O–H groups in total. The maximum absolute atomic E-state index is 11.3. The van der Waals surface area contributed by atoms with Gasteiger partial charge in [-0.2, -0.15) is 13.2 Å². The van der Waals surface area contributed by atoms with Crippen LogP contribution >= 0.6 is 11.6 Å². The summed E-state index contributed by atoms with van der Waals surface area (Å²) in [5.41, 5.74) is 2.82. The fraction of sp³-hybridized carbons (Fsp3) is 0.440. The van der Waals surface area contributed by atoms with E-state index in [2.05, 4.69) is 16.3 Å². The van der Waals surface area contributed by atoms with Crippen LogP contribution in [0.2, 0.25) is 5.02 Å². The Balaban J connectivity index is 0.000000479. The smallest absolute Gasteiger partial charge is 0.489 e. The first-order valence-electron chi connectivity index (χ1n) is 11.5. The van der Waals surface area contributed by atoms with Crippen LogP contribution in [0.1, 0.15) is 30.9 Å². The average Bonchev–Trinajstić information content (AvgIpc) is 3.16. The molecule has 2 aromatic rings. The molecule has 0 aromatic heterocycles. The molecule has 0 unspecified atom stereocenters. The molecule has 0 bridgehead atoms. The second-order valence-corrected chi connectivity index (χ2v) is 9.27. The summed E-state index contributed by atoms with van der Waals surface area (Å²) in [7, 11) is 0. The molecule has 202 valence electrons. The number of β-amino-alcohol motifs (C(OH)–C–C–N with tert-alkyl or cyclic N) is 1. The number of carbonyl (C=O) groups excluding carboxylic acids is 1. The monoisotopic (exact) mass is 544 g/mol. The zero-order chi connectivity index (χ0) is 27.2. The molecule has 4 rings (SSSR count). The zero-order valence-electron chi connectivity index (χ0n) is 20.1. The van der Waals surface area contributed by atoms with Gasteiger partial charge in [-0.05, 0) is 48.2 Å². The van der Waals surface area contributed by atoms with Crippen molar-refractivity contribution in [2.45, 2.75) is 44.3 Å². The minimum absolute atomic E-state index is 0.160. The summed E-state index contributed by atoms with van der Waals surface area (Å²) < 4.78 is 43.7. The van der Waals surface area contributed by atoms with E-state index in [0.717, 1.165) is 31.0 Å².